The van der Waals surface area contributed by atoms with Crippen LogP contribution >= 0.6 is 0 Å². The van der Waals surface area contributed by atoms with Crippen LogP contribution < -0.4 is 10.2 Å². The van der Waals surface area contributed by atoms with E-state index in [1.807, 2.05) is 80.5 Å². The number of hydrogen-bond donors (Lipinski definition) is 1. The fraction of sp³-hybridized carbons (Fsp3) is 0.300. The second-order valence-corrected chi connectivity index (χ2v) is 6.22. The van der Waals surface area contributed by atoms with Crippen molar-refractivity contribution in [1.29, 1.82) is 0 Å². The molecule has 0 aliphatic heterocycles. The average molecular weight is 339 g/mol. The molecule has 2 rings (SSSR count). The molecule has 1 unspecified atom stereocenters. The van der Waals surface area contributed by atoms with E-state index >= 15 is 0 Å². The van der Waals surface area contributed by atoms with Gasteiger partial charge in [0.15, 0.2) is 0 Å². The second-order valence-electron chi connectivity index (χ2n) is 6.22. The maximum absolute atomic E-state index is 12.4. The van der Waals surface area contributed by atoms with E-state index < -0.39 is 0 Å². The molecule has 5 nitrogen and oxygen atoms in total. The van der Waals surface area contributed by atoms with Gasteiger partial charge in [0.2, 0.25) is 11.8 Å². The van der Waals surface area contributed by atoms with Crippen LogP contribution in [0.25, 0.3) is 0 Å². The average Bonchev–Trinajstić information content (AvgIpc) is 2.60. The zero-order valence-electron chi connectivity index (χ0n) is 15.2. The van der Waals surface area contributed by atoms with Gasteiger partial charge in [-0.15, -0.1) is 0 Å². The zero-order chi connectivity index (χ0) is 18.4. The number of rotatable bonds is 6. The maximum atomic E-state index is 12.4. The number of amides is 2. The molecule has 0 bridgehead atoms. The Morgan fingerprint density at radius 3 is 2.12 bits per heavy atom. The summed E-state index contributed by atoms with van der Waals surface area (Å²) in [5, 5.41) is 2.85. The first kappa shape index (κ1) is 18.5. The zero-order valence-corrected chi connectivity index (χ0v) is 15.2. The van der Waals surface area contributed by atoms with E-state index in [0.717, 1.165) is 11.3 Å². The SMILES string of the molecule is CC(=O)N(CC(=O)Nc1ccc(N(C)C)cc1)C(C)c1ccccc1. The number of hydrogen-bond acceptors (Lipinski definition) is 3. The smallest absolute Gasteiger partial charge is 0.244 e. The summed E-state index contributed by atoms with van der Waals surface area (Å²) in [6.45, 7) is 3.43. The van der Waals surface area contributed by atoms with Crippen molar-refractivity contribution in [2.24, 2.45) is 0 Å². The highest BCUT2D eigenvalue weighted by Gasteiger charge is 2.21. The molecule has 0 aliphatic rings. The normalized spacial score (nSPS) is 11.5. The van der Waals surface area contributed by atoms with Crippen LogP contribution in [-0.2, 0) is 9.59 Å². The lowest BCUT2D eigenvalue weighted by Gasteiger charge is -2.28. The third-order valence-corrected chi connectivity index (χ3v) is 4.14. The molecule has 0 heterocycles. The van der Waals surface area contributed by atoms with Gasteiger partial charge in [0.05, 0.1) is 6.04 Å². The van der Waals surface area contributed by atoms with Crippen LogP contribution in [0.1, 0.15) is 25.5 Å². The van der Waals surface area contributed by atoms with Crippen LogP contribution in [0.15, 0.2) is 54.6 Å². The Kier molecular flexibility index (Phi) is 6.17. The Hall–Kier alpha value is -2.82. The summed E-state index contributed by atoms with van der Waals surface area (Å²) in [7, 11) is 3.92. The van der Waals surface area contributed by atoms with Gasteiger partial charge in [0, 0.05) is 32.4 Å². The summed E-state index contributed by atoms with van der Waals surface area (Å²) in [6, 6.07) is 17.1. The monoisotopic (exact) mass is 339 g/mol. The van der Waals surface area contributed by atoms with E-state index in [-0.39, 0.29) is 24.4 Å². The Balaban J connectivity index is 2.04. The quantitative estimate of drug-likeness (QED) is 0.878. The summed E-state index contributed by atoms with van der Waals surface area (Å²) in [6.07, 6.45) is 0. The highest BCUT2D eigenvalue weighted by molar-refractivity contribution is 5.94. The molecule has 0 aliphatic carbocycles. The minimum Gasteiger partial charge on any atom is -0.378 e. The van der Waals surface area contributed by atoms with Crippen LogP contribution in [0.4, 0.5) is 11.4 Å². The fourth-order valence-corrected chi connectivity index (χ4v) is 2.63. The fourth-order valence-electron chi connectivity index (χ4n) is 2.63. The predicted octanol–water partition coefficient (Wildman–Crippen LogP) is 3.30. The minimum absolute atomic E-state index is 0.0147. The van der Waals surface area contributed by atoms with Crippen LogP contribution in [0.3, 0.4) is 0 Å². The topological polar surface area (TPSA) is 52.7 Å². The van der Waals surface area contributed by atoms with E-state index in [4.69, 9.17) is 0 Å². The van der Waals surface area contributed by atoms with Crippen molar-refractivity contribution >= 4 is 23.2 Å². The van der Waals surface area contributed by atoms with E-state index in [2.05, 4.69) is 5.32 Å². The van der Waals surface area contributed by atoms with Crippen molar-refractivity contribution in [2.45, 2.75) is 19.9 Å². The highest BCUT2D eigenvalue weighted by atomic mass is 16.2. The van der Waals surface area contributed by atoms with Crippen LogP contribution in [-0.4, -0.2) is 37.4 Å². The minimum atomic E-state index is -0.212. The third kappa shape index (κ3) is 5.08. The standard InChI is InChI=1S/C20H25N3O2/c1-15(17-8-6-5-7-9-17)23(16(2)24)14-20(25)21-18-10-12-19(13-11-18)22(3)4/h5-13,15H,14H2,1-4H3,(H,21,25). The van der Waals surface area contributed by atoms with E-state index in [9.17, 15) is 9.59 Å². The molecule has 132 valence electrons. The van der Waals surface area contributed by atoms with Gasteiger partial charge in [0.1, 0.15) is 6.54 Å². The molecule has 0 saturated carbocycles. The van der Waals surface area contributed by atoms with Crippen molar-refractivity contribution in [3.8, 4) is 0 Å². The molecule has 5 heteroatoms. The molecule has 0 radical (unpaired) electrons. The second kappa shape index (κ2) is 8.33. The van der Waals surface area contributed by atoms with Gasteiger partial charge >= 0.3 is 0 Å². The Labute approximate surface area is 149 Å². The molecule has 0 aromatic heterocycles. The summed E-state index contributed by atoms with van der Waals surface area (Å²) in [4.78, 5) is 27.9. The predicted molar refractivity (Wildman–Crippen MR) is 102 cm³/mol. The first-order valence-corrected chi connectivity index (χ1v) is 8.28. The summed E-state index contributed by atoms with van der Waals surface area (Å²) >= 11 is 0. The highest BCUT2D eigenvalue weighted by Crippen LogP contribution is 2.20. The number of benzene rings is 2. The Morgan fingerprint density at radius 1 is 1.00 bits per heavy atom. The third-order valence-electron chi connectivity index (χ3n) is 4.14. The summed E-state index contributed by atoms with van der Waals surface area (Å²) < 4.78 is 0. The molecular formula is C20H25N3O2. The van der Waals surface area contributed by atoms with Gasteiger partial charge in [-0.25, -0.2) is 0 Å². The van der Waals surface area contributed by atoms with Crippen molar-refractivity contribution in [3.05, 3.63) is 60.2 Å². The molecule has 0 fully saturated rings. The lowest BCUT2D eigenvalue weighted by Crippen LogP contribution is -2.38. The molecule has 0 saturated heterocycles. The Morgan fingerprint density at radius 2 is 1.60 bits per heavy atom. The summed E-state index contributed by atoms with van der Waals surface area (Å²) in [5.41, 5.74) is 2.77. The van der Waals surface area contributed by atoms with E-state index in [1.54, 1.807) is 4.90 Å². The molecule has 1 N–H and O–H groups in total. The largest absolute Gasteiger partial charge is 0.378 e. The molecule has 2 aromatic rings. The van der Waals surface area contributed by atoms with Crippen molar-refractivity contribution < 1.29 is 9.59 Å². The van der Waals surface area contributed by atoms with Crippen molar-refractivity contribution in [2.75, 3.05) is 30.9 Å². The maximum Gasteiger partial charge on any atom is 0.244 e. The lowest BCUT2D eigenvalue weighted by atomic mass is 10.1. The van der Waals surface area contributed by atoms with E-state index in [0.29, 0.717) is 5.69 Å². The van der Waals surface area contributed by atoms with Gasteiger partial charge in [-0.2, -0.15) is 0 Å². The molecule has 2 aromatic carbocycles. The molecule has 0 spiro atoms. The van der Waals surface area contributed by atoms with Gasteiger partial charge in [-0.3, -0.25) is 9.59 Å². The van der Waals surface area contributed by atoms with Gasteiger partial charge in [0.25, 0.3) is 0 Å². The molecule has 25 heavy (non-hydrogen) atoms. The van der Waals surface area contributed by atoms with Gasteiger partial charge < -0.3 is 15.1 Å². The van der Waals surface area contributed by atoms with Crippen LogP contribution in [0.2, 0.25) is 0 Å². The van der Waals surface area contributed by atoms with Crippen molar-refractivity contribution in [3.63, 3.8) is 0 Å². The van der Waals surface area contributed by atoms with Crippen LogP contribution in [0.5, 0.6) is 0 Å². The van der Waals surface area contributed by atoms with Gasteiger partial charge in [-0.05, 0) is 36.8 Å². The number of carbonyl (C=O) groups excluding carboxylic acids is 2. The first-order valence-electron chi connectivity index (χ1n) is 8.28. The lowest BCUT2D eigenvalue weighted by molar-refractivity contribution is -0.134. The van der Waals surface area contributed by atoms with Gasteiger partial charge in [-0.1, -0.05) is 30.3 Å². The molecule has 1 atom stereocenters. The number of anilines is 2. The van der Waals surface area contributed by atoms with Crippen LogP contribution in [0, 0.1) is 0 Å². The molecular weight excluding hydrogens is 314 g/mol. The first-order chi connectivity index (χ1) is 11.9. The van der Waals surface area contributed by atoms with E-state index in [1.165, 1.54) is 6.92 Å². The number of nitrogens with one attached hydrogen (secondary N) is 1. The number of carbonyl (C=O) groups is 2. The Bertz CT molecular complexity index is 711. The summed E-state index contributed by atoms with van der Waals surface area (Å²) in [5.74, 6) is -0.343. The number of nitrogens with zero attached hydrogens (tertiary/aromatic N) is 2. The van der Waals surface area contributed by atoms with Crippen molar-refractivity contribution in [1.82, 2.24) is 4.90 Å². The molecule has 2 amide bonds.